The van der Waals surface area contributed by atoms with Gasteiger partial charge in [0, 0.05) is 16.5 Å². The van der Waals surface area contributed by atoms with Crippen LogP contribution in [0, 0.1) is 5.82 Å². The molecule has 2 aromatic heterocycles. The lowest BCUT2D eigenvalue weighted by atomic mass is 10.1. The highest BCUT2D eigenvalue weighted by Gasteiger charge is 1.99. The number of carbonyl (C=O) groups is 1. The Labute approximate surface area is 176 Å². The van der Waals surface area contributed by atoms with Gasteiger partial charge >= 0.3 is 5.97 Å². The SMILES string of the molecule is C=C(C)c1cncc(F)c1.CC(C)=C(C)C(=O)O.CCc1csc2ccccc12. The van der Waals surface area contributed by atoms with Gasteiger partial charge in [-0.2, -0.15) is 0 Å². The summed E-state index contributed by atoms with van der Waals surface area (Å²) in [4.78, 5) is 13.8. The van der Waals surface area contributed by atoms with Gasteiger partial charge in [-0.3, -0.25) is 4.98 Å². The topological polar surface area (TPSA) is 50.2 Å². The molecule has 0 spiro atoms. The molecule has 0 aliphatic carbocycles. The molecule has 0 saturated heterocycles. The van der Waals surface area contributed by atoms with Gasteiger partial charge < -0.3 is 5.11 Å². The molecule has 0 bridgehead atoms. The van der Waals surface area contributed by atoms with E-state index in [4.69, 9.17) is 5.11 Å². The van der Waals surface area contributed by atoms with Crippen molar-refractivity contribution in [3.8, 4) is 0 Å². The zero-order chi connectivity index (χ0) is 22.0. The molecule has 0 radical (unpaired) electrons. The van der Waals surface area contributed by atoms with Crippen molar-refractivity contribution in [3.05, 3.63) is 82.8 Å². The molecule has 0 aliphatic rings. The molecule has 3 aromatic rings. The Balaban J connectivity index is 0.000000221. The van der Waals surface area contributed by atoms with Crippen molar-refractivity contribution in [1.82, 2.24) is 4.98 Å². The summed E-state index contributed by atoms with van der Waals surface area (Å²) in [5.74, 6) is -1.15. The van der Waals surface area contributed by atoms with Crippen molar-refractivity contribution < 1.29 is 14.3 Å². The Morgan fingerprint density at radius 1 is 1.17 bits per heavy atom. The zero-order valence-electron chi connectivity index (χ0n) is 17.6. The molecule has 1 aromatic carbocycles. The zero-order valence-corrected chi connectivity index (χ0v) is 18.4. The van der Waals surface area contributed by atoms with E-state index in [1.807, 2.05) is 18.3 Å². The van der Waals surface area contributed by atoms with Crippen molar-refractivity contribution in [2.45, 2.75) is 41.0 Å². The van der Waals surface area contributed by atoms with Gasteiger partial charge in [0.05, 0.1) is 6.20 Å². The number of halogens is 1. The van der Waals surface area contributed by atoms with Crippen molar-refractivity contribution >= 4 is 33.0 Å². The van der Waals surface area contributed by atoms with Crippen LogP contribution in [0.3, 0.4) is 0 Å². The quantitative estimate of drug-likeness (QED) is 0.464. The minimum atomic E-state index is -0.829. The molecule has 0 aliphatic heterocycles. The molecule has 0 unspecified atom stereocenters. The molecule has 3 nitrogen and oxygen atoms in total. The molecular weight excluding hydrogens is 385 g/mol. The third kappa shape index (κ3) is 8.00. The molecule has 154 valence electrons. The van der Waals surface area contributed by atoms with Crippen LogP contribution < -0.4 is 0 Å². The maximum atomic E-state index is 12.4. The highest BCUT2D eigenvalue weighted by Crippen LogP contribution is 2.25. The third-order valence-electron chi connectivity index (χ3n) is 4.21. The molecule has 5 heteroatoms. The maximum absolute atomic E-state index is 12.4. The largest absolute Gasteiger partial charge is 0.478 e. The van der Waals surface area contributed by atoms with E-state index in [2.05, 4.69) is 48.1 Å². The number of hydrogen-bond donors (Lipinski definition) is 1. The Kier molecular flexibility index (Phi) is 9.97. The fourth-order valence-electron chi connectivity index (χ4n) is 2.17. The third-order valence-corrected chi connectivity index (χ3v) is 5.22. The minimum Gasteiger partial charge on any atom is -0.478 e. The molecule has 2 heterocycles. The summed E-state index contributed by atoms with van der Waals surface area (Å²) in [6, 6.07) is 9.99. The van der Waals surface area contributed by atoms with E-state index in [0.29, 0.717) is 5.57 Å². The van der Waals surface area contributed by atoms with E-state index in [9.17, 15) is 9.18 Å². The van der Waals surface area contributed by atoms with Crippen LogP contribution in [-0.4, -0.2) is 16.1 Å². The Morgan fingerprint density at radius 2 is 1.83 bits per heavy atom. The number of hydrogen-bond acceptors (Lipinski definition) is 3. The van der Waals surface area contributed by atoms with Gasteiger partial charge in [-0.15, -0.1) is 11.3 Å². The number of thiophene rings is 1. The van der Waals surface area contributed by atoms with Gasteiger partial charge in [0.25, 0.3) is 0 Å². The van der Waals surface area contributed by atoms with E-state index < -0.39 is 5.97 Å². The van der Waals surface area contributed by atoms with Gasteiger partial charge in [-0.25, -0.2) is 9.18 Å². The molecular formula is C24H28FNO2S. The Hall–Kier alpha value is -2.79. The van der Waals surface area contributed by atoms with Crippen LogP contribution in [0.5, 0.6) is 0 Å². The van der Waals surface area contributed by atoms with Crippen LogP contribution in [-0.2, 0) is 11.2 Å². The monoisotopic (exact) mass is 413 g/mol. The van der Waals surface area contributed by atoms with E-state index in [1.54, 1.807) is 27.0 Å². The fraction of sp³-hybridized carbons (Fsp3) is 0.250. The van der Waals surface area contributed by atoms with Crippen molar-refractivity contribution in [2.24, 2.45) is 0 Å². The van der Waals surface area contributed by atoms with Crippen molar-refractivity contribution in [3.63, 3.8) is 0 Å². The molecule has 3 rings (SSSR count). The number of fused-ring (bicyclic) bond motifs is 1. The van der Waals surface area contributed by atoms with Crippen LogP contribution in [0.2, 0.25) is 0 Å². The molecule has 0 saturated carbocycles. The van der Waals surface area contributed by atoms with Crippen molar-refractivity contribution in [1.29, 1.82) is 0 Å². The summed E-state index contributed by atoms with van der Waals surface area (Å²) >= 11 is 1.84. The van der Waals surface area contributed by atoms with Gasteiger partial charge in [0.15, 0.2) is 0 Å². The number of rotatable bonds is 3. The number of benzene rings is 1. The van der Waals surface area contributed by atoms with Gasteiger partial charge in [0.2, 0.25) is 0 Å². The van der Waals surface area contributed by atoms with Gasteiger partial charge in [0.1, 0.15) is 5.82 Å². The Morgan fingerprint density at radius 3 is 2.28 bits per heavy atom. The number of nitrogens with zero attached hydrogens (tertiary/aromatic N) is 1. The molecule has 1 N–H and O–H groups in total. The number of aromatic nitrogens is 1. The van der Waals surface area contributed by atoms with Gasteiger partial charge in [-0.05, 0) is 73.7 Å². The smallest absolute Gasteiger partial charge is 0.331 e. The Bertz CT molecular complexity index is 1000. The van der Waals surface area contributed by atoms with E-state index >= 15 is 0 Å². The normalized spacial score (nSPS) is 9.59. The predicted molar refractivity (Wildman–Crippen MR) is 122 cm³/mol. The molecule has 0 amide bonds. The molecule has 0 fully saturated rings. The lowest BCUT2D eigenvalue weighted by Gasteiger charge is -1.96. The first-order valence-electron chi connectivity index (χ1n) is 9.26. The fourth-order valence-corrected chi connectivity index (χ4v) is 3.21. The number of carboxylic acids is 1. The summed E-state index contributed by atoms with van der Waals surface area (Å²) in [6.45, 7) is 12.8. The predicted octanol–water partition coefficient (Wildman–Crippen LogP) is 7.14. The summed E-state index contributed by atoms with van der Waals surface area (Å²) in [6.07, 6.45) is 3.90. The van der Waals surface area contributed by atoms with Crippen LogP contribution in [0.4, 0.5) is 4.39 Å². The molecule has 0 atom stereocenters. The first-order valence-corrected chi connectivity index (χ1v) is 10.1. The van der Waals surface area contributed by atoms with E-state index in [0.717, 1.165) is 23.1 Å². The second-order valence-electron chi connectivity index (χ2n) is 6.71. The minimum absolute atomic E-state index is 0.319. The average molecular weight is 414 g/mol. The highest BCUT2D eigenvalue weighted by molar-refractivity contribution is 7.17. The van der Waals surface area contributed by atoms with Gasteiger partial charge in [-0.1, -0.05) is 37.3 Å². The van der Waals surface area contributed by atoms with Crippen LogP contribution in [0.15, 0.2) is 65.8 Å². The first-order chi connectivity index (χ1) is 13.7. The van der Waals surface area contributed by atoms with E-state index in [-0.39, 0.29) is 5.82 Å². The van der Waals surface area contributed by atoms with Crippen LogP contribution in [0.25, 0.3) is 15.7 Å². The standard InChI is InChI=1S/C10H10S.C8H8FN.C6H10O2/c1-2-8-7-11-10-6-4-3-5-9(8)10;1-6(2)7-3-8(9)5-10-4-7;1-4(2)5(3)6(7)8/h3-7H,2H2,1H3;3-5H,1H2,2H3;1-3H3,(H,7,8). The number of aliphatic carboxylic acids is 1. The number of carboxylic acid groups (broad SMARTS) is 1. The van der Waals surface area contributed by atoms with Crippen LogP contribution >= 0.6 is 11.3 Å². The summed E-state index contributed by atoms with van der Waals surface area (Å²) in [5.41, 5.74) is 4.35. The second-order valence-corrected chi connectivity index (χ2v) is 7.62. The average Bonchev–Trinajstić information content (AvgIpc) is 3.11. The lowest BCUT2D eigenvalue weighted by molar-refractivity contribution is -0.132. The summed E-state index contributed by atoms with van der Waals surface area (Å²) < 4.78 is 13.8. The summed E-state index contributed by atoms with van der Waals surface area (Å²) in [7, 11) is 0. The summed E-state index contributed by atoms with van der Waals surface area (Å²) in [5, 5.41) is 12.0. The van der Waals surface area contributed by atoms with Crippen LogP contribution in [0.1, 0.15) is 45.7 Å². The maximum Gasteiger partial charge on any atom is 0.331 e. The molecule has 29 heavy (non-hydrogen) atoms. The second kappa shape index (κ2) is 11.9. The first kappa shape index (κ1) is 24.2. The lowest BCUT2D eigenvalue weighted by Crippen LogP contribution is -1.97. The number of aryl methyl sites for hydroxylation is 1. The number of pyridine rings is 1. The highest BCUT2D eigenvalue weighted by atomic mass is 32.1. The number of allylic oxidation sites excluding steroid dienone is 2. The van der Waals surface area contributed by atoms with E-state index in [1.165, 1.54) is 27.9 Å². The van der Waals surface area contributed by atoms with Crippen molar-refractivity contribution in [2.75, 3.05) is 0 Å².